The van der Waals surface area contributed by atoms with Crippen molar-refractivity contribution < 1.29 is 4.92 Å². The van der Waals surface area contributed by atoms with Crippen molar-refractivity contribution in [3.8, 4) is 0 Å². The van der Waals surface area contributed by atoms with E-state index in [2.05, 4.69) is 0 Å². The van der Waals surface area contributed by atoms with E-state index in [0.717, 1.165) is 18.2 Å². The Morgan fingerprint density at radius 3 is 2.80 bits per heavy atom. The minimum Gasteiger partial charge on any atom is -0.293 e. The molecule has 1 heterocycles. The molecule has 20 heavy (non-hydrogen) atoms. The van der Waals surface area contributed by atoms with Gasteiger partial charge in [-0.3, -0.25) is 24.5 Å². The lowest BCUT2D eigenvalue weighted by atomic mass is 9.77. The van der Waals surface area contributed by atoms with Crippen molar-refractivity contribution in [2.24, 2.45) is 0 Å². The second-order valence-electron chi connectivity index (χ2n) is 4.78. The van der Waals surface area contributed by atoms with E-state index < -0.39 is 21.9 Å². The Hall–Kier alpha value is -2.70. The molecule has 0 radical (unpaired) electrons. The van der Waals surface area contributed by atoms with Crippen LogP contribution in [0.4, 0.5) is 5.69 Å². The van der Waals surface area contributed by atoms with Gasteiger partial charge in [-0.25, -0.2) is 4.79 Å². The average molecular weight is 273 g/mol. The van der Waals surface area contributed by atoms with Gasteiger partial charge in [0.05, 0.1) is 11.1 Å². The minimum absolute atomic E-state index is 0.148. The van der Waals surface area contributed by atoms with Gasteiger partial charge in [-0.15, -0.1) is 0 Å². The van der Waals surface area contributed by atoms with Crippen LogP contribution >= 0.6 is 0 Å². The van der Waals surface area contributed by atoms with Crippen LogP contribution in [0.2, 0.25) is 0 Å². The number of H-pyrrole nitrogens is 1. The first-order valence-corrected chi connectivity index (χ1v) is 6.12. The van der Waals surface area contributed by atoms with Gasteiger partial charge in [0.2, 0.25) is 0 Å². The smallest absolute Gasteiger partial charge is 0.293 e. The summed E-state index contributed by atoms with van der Waals surface area (Å²) < 4.78 is 1.19. The van der Waals surface area contributed by atoms with Crippen LogP contribution in [0, 0.1) is 10.1 Å². The molecular weight excluding hydrogens is 262 g/mol. The first-order chi connectivity index (χ1) is 9.56. The molecule has 1 aliphatic rings. The summed E-state index contributed by atoms with van der Waals surface area (Å²) in [6.07, 6.45) is 1.84. The highest BCUT2D eigenvalue weighted by molar-refractivity contribution is 5.39. The number of fused-ring (bicyclic) bond motifs is 1. The highest BCUT2D eigenvalue weighted by atomic mass is 16.6. The van der Waals surface area contributed by atoms with E-state index in [-0.39, 0.29) is 5.92 Å². The summed E-state index contributed by atoms with van der Waals surface area (Å²) in [6.45, 7) is 0.327. The molecule has 0 spiro atoms. The van der Waals surface area contributed by atoms with Crippen molar-refractivity contribution >= 4 is 5.69 Å². The number of hydrogen-bond acceptors (Lipinski definition) is 4. The highest BCUT2D eigenvalue weighted by Gasteiger charge is 2.26. The Kier molecular flexibility index (Phi) is 2.74. The predicted octanol–water partition coefficient (Wildman–Crippen LogP) is 0.785. The molecule has 1 unspecified atom stereocenters. The number of nitro groups is 1. The summed E-state index contributed by atoms with van der Waals surface area (Å²) in [5.74, 6) is 0.148. The Morgan fingerprint density at radius 2 is 2.10 bits per heavy atom. The van der Waals surface area contributed by atoms with Crippen LogP contribution < -0.4 is 11.2 Å². The largest absolute Gasteiger partial charge is 0.350 e. The summed E-state index contributed by atoms with van der Waals surface area (Å²) in [7, 11) is 0. The van der Waals surface area contributed by atoms with Crippen LogP contribution in [0.1, 0.15) is 17.0 Å². The van der Waals surface area contributed by atoms with Crippen LogP contribution in [-0.2, 0) is 13.0 Å². The summed E-state index contributed by atoms with van der Waals surface area (Å²) in [4.78, 5) is 34.9. The van der Waals surface area contributed by atoms with Crippen molar-refractivity contribution in [1.29, 1.82) is 0 Å². The molecule has 0 bridgehead atoms. The fourth-order valence-electron chi connectivity index (χ4n) is 2.53. The molecule has 7 heteroatoms. The fraction of sp³-hybridized carbons (Fsp3) is 0.231. The summed E-state index contributed by atoms with van der Waals surface area (Å²) in [5, 5.41) is 10.7. The lowest BCUT2D eigenvalue weighted by molar-refractivity contribution is -0.386. The number of rotatable bonds is 3. The molecule has 1 N–H and O–H groups in total. The van der Waals surface area contributed by atoms with Gasteiger partial charge in [0.1, 0.15) is 0 Å². The molecule has 1 aromatic carbocycles. The molecule has 1 atom stereocenters. The molecule has 1 aromatic heterocycles. The van der Waals surface area contributed by atoms with E-state index in [1.54, 1.807) is 0 Å². The molecule has 0 saturated carbocycles. The first kappa shape index (κ1) is 12.3. The molecule has 102 valence electrons. The summed E-state index contributed by atoms with van der Waals surface area (Å²) in [5.41, 5.74) is 0.171. The van der Waals surface area contributed by atoms with Gasteiger partial charge in [-0.05, 0) is 17.5 Å². The zero-order valence-corrected chi connectivity index (χ0v) is 10.4. The third-order valence-corrected chi connectivity index (χ3v) is 3.57. The lowest BCUT2D eigenvalue weighted by Crippen LogP contribution is -2.34. The molecule has 2 aromatic rings. The van der Waals surface area contributed by atoms with Crippen molar-refractivity contribution in [3.05, 3.63) is 72.5 Å². The van der Waals surface area contributed by atoms with Gasteiger partial charge in [-0.1, -0.05) is 24.3 Å². The maximum absolute atomic E-state index is 11.7. The first-order valence-electron chi connectivity index (χ1n) is 6.12. The highest BCUT2D eigenvalue weighted by Crippen LogP contribution is 2.35. The second-order valence-corrected chi connectivity index (χ2v) is 4.78. The van der Waals surface area contributed by atoms with Gasteiger partial charge in [0, 0.05) is 12.5 Å². The van der Waals surface area contributed by atoms with E-state index in [4.69, 9.17) is 0 Å². The van der Waals surface area contributed by atoms with Crippen LogP contribution in [0.5, 0.6) is 0 Å². The fourth-order valence-corrected chi connectivity index (χ4v) is 2.53. The standard InChI is InChI=1S/C13H11N3O4/c17-12-11(16(19)20)7-15(13(18)14-12)6-9-5-8-3-1-2-4-10(8)9/h1-4,7,9H,5-6H2,(H,14,17,18). The molecular formula is C13H11N3O4. The van der Waals surface area contributed by atoms with E-state index in [0.29, 0.717) is 6.54 Å². The molecule has 0 aliphatic heterocycles. The molecule has 0 fully saturated rings. The van der Waals surface area contributed by atoms with Gasteiger partial charge in [0.25, 0.3) is 0 Å². The molecule has 0 amide bonds. The van der Waals surface area contributed by atoms with Crippen molar-refractivity contribution in [2.45, 2.75) is 18.9 Å². The van der Waals surface area contributed by atoms with Crippen LogP contribution in [0.3, 0.4) is 0 Å². The maximum atomic E-state index is 11.7. The average Bonchev–Trinajstić information content (AvgIpc) is 2.37. The van der Waals surface area contributed by atoms with E-state index in [1.165, 1.54) is 10.1 Å². The molecule has 7 nitrogen and oxygen atoms in total. The summed E-state index contributed by atoms with van der Waals surface area (Å²) in [6, 6.07) is 7.87. The van der Waals surface area contributed by atoms with Gasteiger partial charge in [0.15, 0.2) is 0 Å². The van der Waals surface area contributed by atoms with Crippen molar-refractivity contribution in [3.63, 3.8) is 0 Å². The third-order valence-electron chi connectivity index (χ3n) is 3.57. The zero-order valence-electron chi connectivity index (χ0n) is 10.4. The van der Waals surface area contributed by atoms with E-state index in [9.17, 15) is 19.7 Å². The van der Waals surface area contributed by atoms with Gasteiger partial charge < -0.3 is 0 Å². The van der Waals surface area contributed by atoms with Crippen molar-refractivity contribution in [1.82, 2.24) is 9.55 Å². The van der Waals surface area contributed by atoms with Gasteiger partial charge >= 0.3 is 16.9 Å². The summed E-state index contributed by atoms with van der Waals surface area (Å²) >= 11 is 0. The van der Waals surface area contributed by atoms with Crippen LogP contribution in [0.15, 0.2) is 40.1 Å². The molecule has 0 saturated heterocycles. The number of hydrogen-bond donors (Lipinski definition) is 1. The predicted molar refractivity (Wildman–Crippen MR) is 70.9 cm³/mol. The second kappa shape index (κ2) is 4.44. The van der Waals surface area contributed by atoms with Gasteiger partial charge in [-0.2, -0.15) is 0 Å². The Morgan fingerprint density at radius 1 is 1.35 bits per heavy atom. The van der Waals surface area contributed by atoms with Crippen molar-refractivity contribution in [2.75, 3.05) is 0 Å². The number of nitrogens with one attached hydrogen (secondary N) is 1. The number of nitrogens with zero attached hydrogens (tertiary/aromatic N) is 2. The third kappa shape index (κ3) is 1.93. The van der Waals surface area contributed by atoms with Crippen LogP contribution in [0.25, 0.3) is 0 Å². The topological polar surface area (TPSA) is 98.0 Å². The maximum Gasteiger partial charge on any atom is 0.350 e. The molecule has 3 rings (SSSR count). The lowest BCUT2D eigenvalue weighted by Gasteiger charge is -2.30. The normalized spacial score (nSPS) is 16.3. The number of aromatic nitrogens is 2. The zero-order chi connectivity index (χ0) is 14.3. The SMILES string of the molecule is O=c1[nH]c(=O)n(CC2Cc3ccccc32)cc1[N+](=O)[O-]. The number of aromatic amines is 1. The van der Waals surface area contributed by atoms with E-state index in [1.807, 2.05) is 29.2 Å². The minimum atomic E-state index is -0.967. The Labute approximate surface area is 112 Å². The van der Waals surface area contributed by atoms with E-state index >= 15 is 0 Å². The quantitative estimate of drug-likeness (QED) is 0.660. The Balaban J connectivity index is 1.93. The monoisotopic (exact) mass is 273 g/mol. The molecule has 1 aliphatic carbocycles. The number of benzene rings is 1. The van der Waals surface area contributed by atoms with Crippen LogP contribution in [-0.4, -0.2) is 14.5 Å². The Bertz CT molecular complexity index is 806.